The molecule has 0 amide bonds. The van der Waals surface area contributed by atoms with Crippen molar-refractivity contribution in [2.24, 2.45) is 11.8 Å². The molecule has 18 heavy (non-hydrogen) atoms. The van der Waals surface area contributed by atoms with E-state index >= 15 is 0 Å². The Labute approximate surface area is 110 Å². The first-order chi connectivity index (χ1) is 8.47. The van der Waals surface area contributed by atoms with Gasteiger partial charge in [0.15, 0.2) is 0 Å². The van der Waals surface area contributed by atoms with Gasteiger partial charge in [-0.1, -0.05) is 39.5 Å². The molecule has 4 heteroatoms. The molecule has 0 aromatic carbocycles. The van der Waals surface area contributed by atoms with Crippen LogP contribution in [0.2, 0.25) is 0 Å². The number of hydrogen-bond donors (Lipinski definition) is 2. The molecule has 0 aliphatic heterocycles. The number of hydrogen-bond acceptors (Lipinski definition) is 3. The third kappa shape index (κ3) is 6.36. The van der Waals surface area contributed by atoms with Gasteiger partial charge in [-0.3, -0.25) is 9.69 Å². The highest BCUT2D eigenvalue weighted by atomic mass is 16.4. The van der Waals surface area contributed by atoms with Crippen LogP contribution >= 0.6 is 0 Å². The molecule has 1 fully saturated rings. The van der Waals surface area contributed by atoms with Crippen molar-refractivity contribution < 1.29 is 15.0 Å². The van der Waals surface area contributed by atoms with Crippen molar-refractivity contribution in [1.82, 2.24) is 4.90 Å². The summed E-state index contributed by atoms with van der Waals surface area (Å²) in [6, 6.07) is 0. The molecule has 1 aliphatic carbocycles. The molecule has 0 heterocycles. The lowest BCUT2D eigenvalue weighted by atomic mass is 9.99. The zero-order chi connectivity index (χ0) is 13.5. The minimum Gasteiger partial charge on any atom is -0.480 e. The Morgan fingerprint density at radius 1 is 1.28 bits per heavy atom. The number of carboxylic acid groups (broad SMARTS) is 1. The van der Waals surface area contributed by atoms with Crippen LogP contribution in [-0.2, 0) is 4.79 Å². The molecule has 2 N–H and O–H groups in total. The van der Waals surface area contributed by atoms with Crippen LogP contribution in [0.25, 0.3) is 0 Å². The fourth-order valence-electron chi connectivity index (χ4n) is 2.91. The van der Waals surface area contributed by atoms with E-state index in [1.165, 1.54) is 25.7 Å². The Kier molecular flexibility index (Phi) is 6.65. The molecular weight excluding hydrogens is 230 g/mol. The predicted molar refractivity (Wildman–Crippen MR) is 71.5 cm³/mol. The van der Waals surface area contributed by atoms with Gasteiger partial charge < -0.3 is 10.2 Å². The molecule has 0 saturated heterocycles. The van der Waals surface area contributed by atoms with E-state index < -0.39 is 5.97 Å². The lowest BCUT2D eigenvalue weighted by molar-refractivity contribution is -0.138. The number of aliphatic hydroxyl groups excluding tert-OH is 1. The zero-order valence-electron chi connectivity index (χ0n) is 11.6. The highest BCUT2D eigenvalue weighted by Crippen LogP contribution is 2.28. The van der Waals surface area contributed by atoms with Crippen molar-refractivity contribution in [3.63, 3.8) is 0 Å². The average molecular weight is 257 g/mol. The molecule has 0 aromatic heterocycles. The summed E-state index contributed by atoms with van der Waals surface area (Å²) in [5.74, 6) is 0.248. The standard InChI is InChI=1S/C14H27NO3/c1-11(2)8-15(10-14(17)18)9-13(16)7-12-5-3-4-6-12/h11-13,16H,3-10H2,1-2H3,(H,17,18). The van der Waals surface area contributed by atoms with E-state index in [-0.39, 0.29) is 12.6 Å². The summed E-state index contributed by atoms with van der Waals surface area (Å²) in [7, 11) is 0. The molecule has 4 nitrogen and oxygen atoms in total. The molecule has 1 atom stereocenters. The summed E-state index contributed by atoms with van der Waals surface area (Å²) >= 11 is 0. The van der Waals surface area contributed by atoms with Gasteiger partial charge >= 0.3 is 5.97 Å². The van der Waals surface area contributed by atoms with Gasteiger partial charge in [-0.2, -0.15) is 0 Å². The second kappa shape index (κ2) is 7.74. The molecule has 1 rings (SSSR count). The Morgan fingerprint density at radius 3 is 2.39 bits per heavy atom. The van der Waals surface area contributed by atoms with Gasteiger partial charge in [0.1, 0.15) is 0 Å². The SMILES string of the molecule is CC(C)CN(CC(=O)O)CC(O)CC1CCCC1. The number of carboxylic acids is 1. The Morgan fingerprint density at radius 2 is 1.89 bits per heavy atom. The average Bonchev–Trinajstić information content (AvgIpc) is 2.67. The van der Waals surface area contributed by atoms with Gasteiger partial charge in [0.05, 0.1) is 12.6 Å². The van der Waals surface area contributed by atoms with Gasteiger partial charge in [0.25, 0.3) is 0 Å². The number of aliphatic hydroxyl groups is 1. The van der Waals surface area contributed by atoms with E-state index in [1.54, 1.807) is 0 Å². The molecule has 0 aromatic rings. The van der Waals surface area contributed by atoms with Crippen LogP contribution in [0.15, 0.2) is 0 Å². The first-order valence-electron chi connectivity index (χ1n) is 7.09. The summed E-state index contributed by atoms with van der Waals surface area (Å²) in [6.07, 6.45) is 5.45. The van der Waals surface area contributed by atoms with Crippen molar-refractivity contribution in [3.8, 4) is 0 Å². The van der Waals surface area contributed by atoms with E-state index in [1.807, 2.05) is 4.90 Å². The van der Waals surface area contributed by atoms with Crippen LogP contribution in [0, 0.1) is 11.8 Å². The maximum atomic E-state index is 10.8. The van der Waals surface area contributed by atoms with E-state index in [0.29, 0.717) is 18.4 Å². The molecule has 106 valence electrons. The second-order valence-electron chi connectivity index (χ2n) is 6.02. The molecule has 1 saturated carbocycles. The topological polar surface area (TPSA) is 60.8 Å². The van der Waals surface area contributed by atoms with E-state index in [2.05, 4.69) is 13.8 Å². The first-order valence-corrected chi connectivity index (χ1v) is 7.09. The van der Waals surface area contributed by atoms with Crippen molar-refractivity contribution in [2.75, 3.05) is 19.6 Å². The largest absolute Gasteiger partial charge is 0.480 e. The van der Waals surface area contributed by atoms with Crippen LogP contribution in [-0.4, -0.2) is 46.8 Å². The van der Waals surface area contributed by atoms with Gasteiger partial charge in [0.2, 0.25) is 0 Å². The molecule has 1 aliphatic rings. The summed E-state index contributed by atoms with van der Waals surface area (Å²) < 4.78 is 0. The maximum Gasteiger partial charge on any atom is 0.317 e. The minimum absolute atomic E-state index is 0.0277. The first kappa shape index (κ1) is 15.4. The smallest absolute Gasteiger partial charge is 0.317 e. The summed E-state index contributed by atoms with van der Waals surface area (Å²) in [4.78, 5) is 12.6. The van der Waals surface area contributed by atoms with Gasteiger partial charge in [-0.25, -0.2) is 0 Å². The van der Waals surface area contributed by atoms with Gasteiger partial charge in [-0.05, 0) is 18.3 Å². The maximum absolute atomic E-state index is 10.8. The van der Waals surface area contributed by atoms with Crippen LogP contribution in [0.4, 0.5) is 0 Å². The van der Waals surface area contributed by atoms with Gasteiger partial charge in [0, 0.05) is 13.1 Å². The third-order valence-corrected chi connectivity index (χ3v) is 3.53. The summed E-state index contributed by atoms with van der Waals surface area (Å²) in [5, 5.41) is 18.9. The van der Waals surface area contributed by atoms with Crippen molar-refractivity contribution in [1.29, 1.82) is 0 Å². The zero-order valence-corrected chi connectivity index (χ0v) is 11.6. The number of aliphatic carboxylic acids is 1. The van der Waals surface area contributed by atoms with Crippen molar-refractivity contribution >= 4 is 5.97 Å². The lowest BCUT2D eigenvalue weighted by Gasteiger charge is -2.26. The van der Waals surface area contributed by atoms with E-state index in [0.717, 1.165) is 13.0 Å². The molecule has 0 bridgehead atoms. The van der Waals surface area contributed by atoms with Crippen LogP contribution in [0.1, 0.15) is 46.0 Å². The fraction of sp³-hybridized carbons (Fsp3) is 0.929. The Bertz CT molecular complexity index is 249. The predicted octanol–water partition coefficient (Wildman–Crippen LogP) is 1.97. The normalized spacial score (nSPS) is 18.7. The van der Waals surface area contributed by atoms with Gasteiger partial charge in [-0.15, -0.1) is 0 Å². The summed E-state index contributed by atoms with van der Waals surface area (Å²) in [6.45, 7) is 5.38. The Balaban J connectivity index is 2.34. The van der Waals surface area contributed by atoms with Crippen LogP contribution in [0.3, 0.4) is 0 Å². The quantitative estimate of drug-likeness (QED) is 0.698. The molecule has 1 unspecified atom stereocenters. The molecular formula is C14H27NO3. The van der Waals surface area contributed by atoms with Crippen LogP contribution < -0.4 is 0 Å². The number of carbonyl (C=O) groups is 1. The monoisotopic (exact) mass is 257 g/mol. The van der Waals surface area contributed by atoms with E-state index in [9.17, 15) is 9.90 Å². The minimum atomic E-state index is -0.816. The summed E-state index contributed by atoms with van der Waals surface area (Å²) in [5.41, 5.74) is 0. The highest BCUT2D eigenvalue weighted by Gasteiger charge is 2.21. The highest BCUT2D eigenvalue weighted by molar-refractivity contribution is 5.69. The molecule has 0 radical (unpaired) electrons. The Hall–Kier alpha value is -0.610. The second-order valence-corrected chi connectivity index (χ2v) is 6.02. The molecule has 0 spiro atoms. The number of rotatable bonds is 8. The van der Waals surface area contributed by atoms with Crippen molar-refractivity contribution in [2.45, 2.75) is 52.1 Å². The third-order valence-electron chi connectivity index (χ3n) is 3.53. The number of nitrogens with zero attached hydrogens (tertiary/aromatic N) is 1. The van der Waals surface area contributed by atoms with E-state index in [4.69, 9.17) is 5.11 Å². The van der Waals surface area contributed by atoms with Crippen molar-refractivity contribution in [3.05, 3.63) is 0 Å². The van der Waals surface area contributed by atoms with Crippen LogP contribution in [0.5, 0.6) is 0 Å². The fourth-order valence-corrected chi connectivity index (χ4v) is 2.91. The lowest BCUT2D eigenvalue weighted by Crippen LogP contribution is -2.39.